The van der Waals surface area contributed by atoms with Gasteiger partial charge in [0.2, 0.25) is 0 Å². The Bertz CT molecular complexity index is 695. The van der Waals surface area contributed by atoms with Crippen molar-refractivity contribution in [3.05, 3.63) is 34.9 Å². The summed E-state index contributed by atoms with van der Waals surface area (Å²) in [7, 11) is 0. The molecule has 1 aliphatic heterocycles. The first-order chi connectivity index (χ1) is 11.7. The number of hydrogen-bond donors (Lipinski definition) is 1. The number of likely N-dealkylation sites (tertiary alicyclic amines) is 1. The average molecular weight is 323 g/mol. The highest BCUT2D eigenvalue weighted by molar-refractivity contribution is 5.45. The molecule has 1 heterocycles. The largest absolute Gasteiger partial charge is 0.393 e. The van der Waals surface area contributed by atoms with Gasteiger partial charge in [-0.1, -0.05) is 23.8 Å². The number of aliphatic hydroxyl groups excluding tert-OH is 1. The summed E-state index contributed by atoms with van der Waals surface area (Å²) in [6, 6.07) is 7.93. The van der Waals surface area contributed by atoms with E-state index in [1.165, 1.54) is 50.8 Å². The van der Waals surface area contributed by atoms with Crippen LogP contribution in [0.1, 0.15) is 48.8 Å². The number of hydrogen-bond acceptors (Lipinski definition) is 2. The van der Waals surface area contributed by atoms with Crippen LogP contribution in [0.3, 0.4) is 0 Å². The molecule has 4 aliphatic carbocycles. The minimum Gasteiger partial charge on any atom is -0.393 e. The Labute approximate surface area is 145 Å². The highest BCUT2D eigenvalue weighted by atomic mass is 16.3. The van der Waals surface area contributed by atoms with Crippen LogP contribution < -0.4 is 0 Å². The summed E-state index contributed by atoms with van der Waals surface area (Å²) in [4.78, 5) is 2.87. The molecule has 2 heteroatoms. The minimum atomic E-state index is -0.0478. The molecular formula is C22H29NO. The van der Waals surface area contributed by atoms with Gasteiger partial charge in [-0.2, -0.15) is 0 Å². The van der Waals surface area contributed by atoms with Crippen LogP contribution in [0.2, 0.25) is 0 Å². The molecule has 2 nitrogen and oxygen atoms in total. The molecule has 0 spiro atoms. The molecular weight excluding hydrogens is 294 g/mol. The number of rotatable bonds is 2. The normalized spacial score (nSPS) is 46.0. The molecule has 2 bridgehead atoms. The van der Waals surface area contributed by atoms with Crippen molar-refractivity contribution in [3.8, 4) is 0 Å². The van der Waals surface area contributed by atoms with E-state index in [-0.39, 0.29) is 11.5 Å². The van der Waals surface area contributed by atoms with Crippen LogP contribution in [-0.4, -0.2) is 35.2 Å². The molecule has 6 atom stereocenters. The van der Waals surface area contributed by atoms with Crippen LogP contribution in [0.15, 0.2) is 18.2 Å². The van der Waals surface area contributed by atoms with Gasteiger partial charge in [0.1, 0.15) is 0 Å². The maximum atomic E-state index is 10.8. The molecule has 4 unspecified atom stereocenters. The summed E-state index contributed by atoms with van der Waals surface area (Å²) in [6.07, 6.45) is 7.73. The first-order valence-corrected chi connectivity index (χ1v) is 10.2. The zero-order valence-electron chi connectivity index (χ0n) is 14.7. The molecule has 24 heavy (non-hydrogen) atoms. The quantitative estimate of drug-likeness (QED) is 0.903. The number of benzene rings is 1. The molecule has 0 amide bonds. The van der Waals surface area contributed by atoms with Crippen LogP contribution >= 0.6 is 0 Å². The third-order valence-electron chi connectivity index (χ3n) is 8.21. The van der Waals surface area contributed by atoms with E-state index in [9.17, 15) is 5.11 Å². The Kier molecular flexibility index (Phi) is 2.77. The third kappa shape index (κ3) is 1.85. The molecule has 0 radical (unpaired) electrons. The Hall–Kier alpha value is -0.860. The van der Waals surface area contributed by atoms with Crippen molar-refractivity contribution in [1.82, 2.24) is 4.90 Å². The van der Waals surface area contributed by atoms with E-state index in [4.69, 9.17) is 0 Å². The van der Waals surface area contributed by atoms with Crippen LogP contribution in [0, 0.1) is 30.6 Å². The summed E-state index contributed by atoms with van der Waals surface area (Å²) >= 11 is 0. The minimum absolute atomic E-state index is 0.0478. The first kappa shape index (κ1) is 14.3. The molecule has 1 aromatic rings. The number of nitrogens with zero attached hydrogens (tertiary/aromatic N) is 1. The second-order valence-electron chi connectivity index (χ2n) is 9.64. The van der Waals surface area contributed by atoms with Gasteiger partial charge in [-0.05, 0) is 86.8 Å². The highest BCUT2D eigenvalue weighted by Crippen LogP contribution is 2.66. The fourth-order valence-corrected chi connectivity index (χ4v) is 6.92. The van der Waals surface area contributed by atoms with Crippen molar-refractivity contribution in [2.45, 2.75) is 63.0 Å². The zero-order chi connectivity index (χ0) is 16.1. The van der Waals surface area contributed by atoms with Gasteiger partial charge in [0.05, 0.1) is 6.10 Å². The van der Waals surface area contributed by atoms with E-state index in [2.05, 4.69) is 30.0 Å². The number of aryl methyl sites for hydroxylation is 1. The fraction of sp³-hybridized carbons (Fsp3) is 0.727. The van der Waals surface area contributed by atoms with E-state index in [0.717, 1.165) is 30.2 Å². The lowest BCUT2D eigenvalue weighted by Gasteiger charge is -2.60. The van der Waals surface area contributed by atoms with Gasteiger partial charge in [0, 0.05) is 18.0 Å². The molecule has 4 fully saturated rings. The van der Waals surface area contributed by atoms with Gasteiger partial charge in [0.15, 0.2) is 0 Å². The monoisotopic (exact) mass is 323 g/mol. The summed E-state index contributed by atoms with van der Waals surface area (Å²) in [5.74, 6) is 3.22. The lowest BCUT2D eigenvalue weighted by atomic mass is 9.51. The SMILES string of the molecule is Cc1ccc2c(c1)[C@]13CCN(CC4CC4)[C@H](C2)C1C1CC1C(O)C3. The van der Waals surface area contributed by atoms with Crippen molar-refractivity contribution in [2.24, 2.45) is 23.7 Å². The van der Waals surface area contributed by atoms with Gasteiger partial charge >= 0.3 is 0 Å². The summed E-state index contributed by atoms with van der Waals surface area (Å²) in [5, 5.41) is 10.8. The summed E-state index contributed by atoms with van der Waals surface area (Å²) in [6.45, 7) is 4.84. The average Bonchev–Trinajstić information content (AvgIpc) is 3.44. The first-order valence-electron chi connectivity index (χ1n) is 10.2. The predicted molar refractivity (Wildman–Crippen MR) is 95.0 cm³/mol. The maximum Gasteiger partial charge on any atom is 0.0579 e. The van der Waals surface area contributed by atoms with Crippen LogP contribution in [0.5, 0.6) is 0 Å². The van der Waals surface area contributed by atoms with Crippen molar-refractivity contribution in [2.75, 3.05) is 13.1 Å². The van der Waals surface area contributed by atoms with Crippen molar-refractivity contribution < 1.29 is 5.11 Å². The molecule has 6 rings (SSSR count). The van der Waals surface area contributed by atoms with E-state index >= 15 is 0 Å². The van der Waals surface area contributed by atoms with Gasteiger partial charge in [-0.25, -0.2) is 0 Å². The molecule has 128 valence electrons. The molecule has 1 aromatic carbocycles. The number of piperidine rings is 1. The van der Waals surface area contributed by atoms with E-state index in [1.54, 1.807) is 11.1 Å². The molecule has 1 N–H and O–H groups in total. The van der Waals surface area contributed by atoms with Crippen LogP contribution in [0.4, 0.5) is 0 Å². The second-order valence-corrected chi connectivity index (χ2v) is 9.64. The lowest BCUT2D eigenvalue weighted by molar-refractivity contribution is -0.0559. The van der Waals surface area contributed by atoms with Gasteiger partial charge in [0.25, 0.3) is 0 Å². The smallest absolute Gasteiger partial charge is 0.0579 e. The zero-order valence-corrected chi connectivity index (χ0v) is 14.7. The Morgan fingerprint density at radius 3 is 2.96 bits per heavy atom. The van der Waals surface area contributed by atoms with E-state index in [1.807, 2.05) is 0 Å². The molecule has 5 aliphatic rings. The number of aliphatic hydroxyl groups is 1. The van der Waals surface area contributed by atoms with Crippen LogP contribution in [-0.2, 0) is 11.8 Å². The maximum absolute atomic E-state index is 10.8. The highest BCUT2D eigenvalue weighted by Gasteiger charge is 2.66. The van der Waals surface area contributed by atoms with Gasteiger partial charge in [-0.15, -0.1) is 0 Å². The van der Waals surface area contributed by atoms with E-state index in [0.29, 0.717) is 5.92 Å². The van der Waals surface area contributed by atoms with Crippen LogP contribution in [0.25, 0.3) is 0 Å². The van der Waals surface area contributed by atoms with Gasteiger partial charge < -0.3 is 5.11 Å². The molecule has 1 saturated heterocycles. The van der Waals surface area contributed by atoms with E-state index < -0.39 is 0 Å². The van der Waals surface area contributed by atoms with Crippen molar-refractivity contribution in [1.29, 1.82) is 0 Å². The van der Waals surface area contributed by atoms with Crippen molar-refractivity contribution >= 4 is 0 Å². The predicted octanol–water partition coefficient (Wildman–Crippen LogP) is 3.29. The molecule has 3 saturated carbocycles. The Morgan fingerprint density at radius 1 is 1.25 bits per heavy atom. The molecule has 0 aromatic heterocycles. The standard InChI is InChI=1S/C22H29NO/c1-13-2-5-15-9-19-21-17-10-16(17)20(24)11-22(21,18(15)8-13)6-7-23(19)12-14-3-4-14/h2,5,8,14,16-17,19-21,24H,3-4,6-7,9-12H2,1H3/t16?,17?,19-,20?,21?,22-/m1/s1. The second kappa shape index (κ2) is 4.65. The Balaban J connectivity index is 1.48. The number of fused-ring (bicyclic) bond motifs is 2. The summed E-state index contributed by atoms with van der Waals surface area (Å²) in [5.41, 5.74) is 4.89. The lowest BCUT2D eigenvalue weighted by Crippen LogP contribution is -2.63. The fourth-order valence-electron chi connectivity index (χ4n) is 6.92. The third-order valence-corrected chi connectivity index (χ3v) is 8.21. The summed E-state index contributed by atoms with van der Waals surface area (Å²) < 4.78 is 0. The Morgan fingerprint density at radius 2 is 2.12 bits per heavy atom. The van der Waals surface area contributed by atoms with Gasteiger partial charge in [-0.3, -0.25) is 4.90 Å². The topological polar surface area (TPSA) is 23.5 Å². The van der Waals surface area contributed by atoms with Crippen molar-refractivity contribution in [3.63, 3.8) is 0 Å².